The maximum atomic E-state index is 6.04. The fourth-order valence-electron chi connectivity index (χ4n) is 2.61. The summed E-state index contributed by atoms with van der Waals surface area (Å²) in [6.45, 7) is 4.43. The Morgan fingerprint density at radius 2 is 1.93 bits per heavy atom. The fraction of sp³-hybridized carbons (Fsp3) is 0.571. The number of alkyl halides is 1. The zero-order valence-electron chi connectivity index (χ0n) is 9.49. The molecule has 0 N–H and O–H groups in total. The monoisotopic (exact) mass is 222 g/mol. The highest BCUT2D eigenvalue weighted by molar-refractivity contribution is 6.20. The van der Waals surface area contributed by atoms with Gasteiger partial charge in [0.25, 0.3) is 0 Å². The van der Waals surface area contributed by atoms with E-state index in [2.05, 4.69) is 44.2 Å². The minimum atomic E-state index is 0.317. The molecule has 0 nitrogen and oxygen atoms in total. The van der Waals surface area contributed by atoms with Crippen LogP contribution < -0.4 is 0 Å². The van der Waals surface area contributed by atoms with Crippen LogP contribution in [0.2, 0.25) is 0 Å². The molecule has 1 aromatic carbocycles. The molecule has 0 aromatic heterocycles. The zero-order chi connectivity index (χ0) is 10.8. The molecule has 4 unspecified atom stereocenters. The lowest BCUT2D eigenvalue weighted by molar-refractivity contribution is 0.458. The summed E-state index contributed by atoms with van der Waals surface area (Å²) >= 11 is 6.04. The molecule has 1 fully saturated rings. The van der Waals surface area contributed by atoms with Crippen LogP contribution in [0.5, 0.6) is 0 Å². The van der Waals surface area contributed by atoms with Gasteiger partial charge < -0.3 is 0 Å². The zero-order valence-corrected chi connectivity index (χ0v) is 10.2. The quantitative estimate of drug-likeness (QED) is 0.661. The summed E-state index contributed by atoms with van der Waals surface area (Å²) in [5, 5.41) is 0.317. The summed E-state index contributed by atoms with van der Waals surface area (Å²) in [5.41, 5.74) is 1.51. The Morgan fingerprint density at radius 1 is 1.27 bits per heavy atom. The lowest BCUT2D eigenvalue weighted by Gasteiger charge is -2.12. The van der Waals surface area contributed by atoms with Gasteiger partial charge in [0.1, 0.15) is 0 Å². The Labute approximate surface area is 97.6 Å². The first-order chi connectivity index (χ1) is 7.18. The molecule has 15 heavy (non-hydrogen) atoms. The maximum absolute atomic E-state index is 6.04. The largest absolute Gasteiger partial charge is 0.123 e. The molecule has 0 aliphatic heterocycles. The molecule has 0 radical (unpaired) electrons. The molecule has 82 valence electrons. The highest BCUT2D eigenvalue weighted by Crippen LogP contribution is 2.52. The van der Waals surface area contributed by atoms with Gasteiger partial charge in [-0.15, -0.1) is 11.6 Å². The molecule has 2 rings (SSSR count). The van der Waals surface area contributed by atoms with Gasteiger partial charge in [-0.3, -0.25) is 0 Å². The SMILES string of the molecule is CC(Cl)CC(C)C1CC1c1ccccc1. The number of hydrogen-bond acceptors (Lipinski definition) is 0. The second-order valence-electron chi connectivity index (χ2n) is 4.91. The van der Waals surface area contributed by atoms with Crippen molar-refractivity contribution in [3.63, 3.8) is 0 Å². The van der Waals surface area contributed by atoms with Crippen molar-refractivity contribution in [3.8, 4) is 0 Å². The van der Waals surface area contributed by atoms with E-state index in [0.29, 0.717) is 5.38 Å². The summed E-state index contributed by atoms with van der Waals surface area (Å²) < 4.78 is 0. The smallest absolute Gasteiger partial charge is 0.0310 e. The van der Waals surface area contributed by atoms with Crippen LogP contribution in [0.15, 0.2) is 30.3 Å². The van der Waals surface area contributed by atoms with Gasteiger partial charge in [0.2, 0.25) is 0 Å². The van der Waals surface area contributed by atoms with Crippen LogP contribution in [0.3, 0.4) is 0 Å². The Bertz CT molecular complexity index is 304. The molecule has 0 saturated heterocycles. The predicted octanol–water partition coefficient (Wildman–Crippen LogP) is 4.44. The van der Waals surface area contributed by atoms with Crippen LogP contribution in [0, 0.1) is 11.8 Å². The van der Waals surface area contributed by atoms with Crippen LogP contribution in [0.4, 0.5) is 0 Å². The number of rotatable bonds is 4. The molecule has 1 heteroatoms. The van der Waals surface area contributed by atoms with E-state index in [-0.39, 0.29) is 0 Å². The third-order valence-electron chi connectivity index (χ3n) is 3.49. The van der Waals surface area contributed by atoms with Gasteiger partial charge >= 0.3 is 0 Å². The van der Waals surface area contributed by atoms with E-state index in [1.165, 1.54) is 12.0 Å². The van der Waals surface area contributed by atoms with E-state index < -0.39 is 0 Å². The van der Waals surface area contributed by atoms with Gasteiger partial charge in [-0.1, -0.05) is 37.3 Å². The van der Waals surface area contributed by atoms with Crippen molar-refractivity contribution in [3.05, 3.63) is 35.9 Å². The lowest BCUT2D eigenvalue weighted by atomic mass is 9.97. The van der Waals surface area contributed by atoms with E-state index in [0.717, 1.165) is 24.2 Å². The maximum Gasteiger partial charge on any atom is 0.0310 e. The second-order valence-corrected chi connectivity index (χ2v) is 5.66. The van der Waals surface area contributed by atoms with Crippen molar-refractivity contribution >= 4 is 11.6 Å². The van der Waals surface area contributed by atoms with E-state index in [4.69, 9.17) is 11.6 Å². The third-order valence-corrected chi connectivity index (χ3v) is 3.67. The number of halogens is 1. The van der Waals surface area contributed by atoms with Gasteiger partial charge in [0.05, 0.1) is 0 Å². The minimum Gasteiger partial charge on any atom is -0.123 e. The lowest BCUT2D eigenvalue weighted by Crippen LogP contribution is -2.05. The van der Waals surface area contributed by atoms with E-state index in [9.17, 15) is 0 Å². The first-order valence-electron chi connectivity index (χ1n) is 5.87. The first-order valence-corrected chi connectivity index (χ1v) is 6.31. The van der Waals surface area contributed by atoms with Gasteiger partial charge in [0, 0.05) is 5.38 Å². The van der Waals surface area contributed by atoms with Crippen molar-refractivity contribution < 1.29 is 0 Å². The van der Waals surface area contributed by atoms with Crippen LogP contribution in [0.25, 0.3) is 0 Å². The summed E-state index contributed by atoms with van der Waals surface area (Å²) in [6.07, 6.45) is 2.50. The van der Waals surface area contributed by atoms with Crippen LogP contribution in [-0.4, -0.2) is 5.38 Å². The normalized spacial score (nSPS) is 28.5. The van der Waals surface area contributed by atoms with E-state index in [1.54, 1.807) is 0 Å². The molecule has 1 aliphatic carbocycles. The Hall–Kier alpha value is -0.490. The molecule has 0 amide bonds. The first kappa shape index (κ1) is 11.0. The molecule has 4 atom stereocenters. The number of hydrogen-bond donors (Lipinski definition) is 0. The molecular weight excluding hydrogens is 204 g/mol. The topological polar surface area (TPSA) is 0 Å². The van der Waals surface area contributed by atoms with Crippen LogP contribution in [0.1, 0.15) is 38.2 Å². The Kier molecular flexibility index (Phi) is 3.35. The molecule has 0 heterocycles. The van der Waals surface area contributed by atoms with E-state index >= 15 is 0 Å². The standard InChI is InChI=1S/C14H19Cl/c1-10(8-11(2)15)13-9-14(13)12-6-4-3-5-7-12/h3-7,10-11,13-14H,8-9H2,1-2H3. The highest BCUT2D eigenvalue weighted by Gasteiger charge is 2.41. The van der Waals surface area contributed by atoms with Crippen LogP contribution in [-0.2, 0) is 0 Å². The van der Waals surface area contributed by atoms with Gasteiger partial charge in [-0.25, -0.2) is 0 Å². The summed E-state index contributed by atoms with van der Waals surface area (Å²) in [4.78, 5) is 0. The average molecular weight is 223 g/mol. The minimum absolute atomic E-state index is 0.317. The van der Waals surface area contributed by atoms with Crippen molar-refractivity contribution in [1.82, 2.24) is 0 Å². The van der Waals surface area contributed by atoms with Crippen LogP contribution >= 0.6 is 11.6 Å². The highest BCUT2D eigenvalue weighted by atomic mass is 35.5. The molecule has 1 aliphatic rings. The Morgan fingerprint density at radius 3 is 2.53 bits per heavy atom. The third kappa shape index (κ3) is 2.75. The van der Waals surface area contributed by atoms with Crippen molar-refractivity contribution in [1.29, 1.82) is 0 Å². The molecule has 0 spiro atoms. The molecule has 1 aromatic rings. The van der Waals surface area contributed by atoms with Crippen molar-refractivity contribution in [2.45, 2.75) is 38.0 Å². The van der Waals surface area contributed by atoms with Gasteiger partial charge in [0.15, 0.2) is 0 Å². The van der Waals surface area contributed by atoms with Crippen molar-refractivity contribution in [2.24, 2.45) is 11.8 Å². The summed E-state index contributed by atoms with van der Waals surface area (Å²) in [6, 6.07) is 10.9. The van der Waals surface area contributed by atoms with Crippen molar-refractivity contribution in [2.75, 3.05) is 0 Å². The average Bonchev–Trinajstić information content (AvgIpc) is 2.97. The van der Waals surface area contributed by atoms with Gasteiger partial charge in [-0.2, -0.15) is 0 Å². The number of benzene rings is 1. The molecule has 1 saturated carbocycles. The predicted molar refractivity (Wildman–Crippen MR) is 66.4 cm³/mol. The summed E-state index contributed by atoms with van der Waals surface area (Å²) in [7, 11) is 0. The van der Waals surface area contributed by atoms with E-state index in [1.807, 2.05) is 0 Å². The molecular formula is C14H19Cl. The Balaban J connectivity index is 1.91. The fourth-order valence-corrected chi connectivity index (χ4v) is 2.90. The summed E-state index contributed by atoms with van der Waals surface area (Å²) in [5.74, 6) is 2.44. The molecule has 0 bridgehead atoms. The van der Waals surface area contributed by atoms with Gasteiger partial charge in [-0.05, 0) is 43.1 Å². The second kappa shape index (κ2) is 4.57.